The SMILES string of the molecule is C/C=C/C[C@@H](C)[C@@H](O)[C@H]1C(=O)N[C@@H](CC)C(=O)N(C)CC(=O)N(C)[C@@H](CC(C)C)C(=O)N[C@@H](C(C)C)C(=O)N(C)[C@@H](CC(C)C)C(=O)N[C@@H](C)C(=O)N2CC(=O)OC[C@@H]2C(=O)N(C)[C@@H](CC(C)C)C(=O)N(C)[C@@H](CC(C)C)C(=O)N(C)[C@@H](C(C)C)C(=O)N1C. The Hall–Kier alpha value is -6.66. The van der Waals surface area contributed by atoms with Gasteiger partial charge in [0, 0.05) is 49.3 Å². The predicted octanol–water partition coefficient (Wildman–Crippen LogP) is 2.52. The summed E-state index contributed by atoms with van der Waals surface area (Å²) in [6.07, 6.45) is 2.75. The quantitative estimate of drug-likeness (QED) is 0.135. The van der Waals surface area contributed by atoms with Crippen LogP contribution in [-0.2, 0) is 62.3 Å². The fraction of sp³-hybridized carbons (Fsp3) is 0.781. The maximum absolute atomic E-state index is 15.2. The fourth-order valence-corrected chi connectivity index (χ4v) is 11.4. The molecule has 0 aromatic heterocycles. The summed E-state index contributed by atoms with van der Waals surface area (Å²) in [5, 5.41) is 20.4. The smallest absolute Gasteiger partial charge is 0.325 e. The lowest BCUT2D eigenvalue weighted by molar-refractivity contribution is -0.169. The molecule has 2 saturated heterocycles. The van der Waals surface area contributed by atoms with E-state index in [4.69, 9.17) is 4.74 Å². The van der Waals surface area contributed by atoms with Gasteiger partial charge in [-0.25, -0.2) is 0 Å². The van der Waals surface area contributed by atoms with E-state index in [1.165, 1.54) is 80.8 Å². The number of amides is 11. The minimum absolute atomic E-state index is 0.00753. The van der Waals surface area contributed by atoms with Crippen LogP contribution < -0.4 is 16.0 Å². The normalized spacial score (nSPS) is 27.0. The molecule has 2 aliphatic heterocycles. The van der Waals surface area contributed by atoms with Crippen LogP contribution in [0.25, 0.3) is 0 Å². The van der Waals surface area contributed by atoms with E-state index in [2.05, 4.69) is 16.0 Å². The van der Waals surface area contributed by atoms with Crippen LogP contribution in [0.3, 0.4) is 0 Å². The number of nitrogens with one attached hydrogen (secondary N) is 3. The van der Waals surface area contributed by atoms with Gasteiger partial charge in [0.15, 0.2) is 0 Å². The van der Waals surface area contributed by atoms with Crippen LogP contribution >= 0.6 is 0 Å². The van der Waals surface area contributed by atoms with E-state index in [0.717, 1.165) is 14.7 Å². The van der Waals surface area contributed by atoms with Crippen LogP contribution in [0.15, 0.2) is 12.2 Å². The molecule has 2 aliphatic rings. The molecule has 0 bridgehead atoms. The van der Waals surface area contributed by atoms with Gasteiger partial charge in [0.1, 0.15) is 73.6 Å². The maximum atomic E-state index is 15.2. The average Bonchev–Trinajstić information content (AvgIpc) is 0.979. The molecule has 0 spiro atoms. The number of allylic oxidation sites excluding steroid dienone is 2. The van der Waals surface area contributed by atoms with Crippen molar-refractivity contribution in [2.75, 3.05) is 69.0 Å². The number of morpholine rings is 1. The van der Waals surface area contributed by atoms with Crippen LogP contribution in [0, 0.1) is 41.4 Å². The number of nitrogens with zero attached hydrogens (tertiary/aromatic N) is 8. The van der Waals surface area contributed by atoms with Crippen molar-refractivity contribution in [2.45, 2.75) is 216 Å². The number of carbonyl (C=O) groups excluding carboxylic acids is 12. The van der Waals surface area contributed by atoms with Crippen LogP contribution in [-0.4, -0.2) is 251 Å². The Bertz CT molecular complexity index is 2520. The van der Waals surface area contributed by atoms with Gasteiger partial charge < -0.3 is 65.0 Å². The van der Waals surface area contributed by atoms with Gasteiger partial charge in [-0.2, -0.15) is 0 Å². The predicted molar refractivity (Wildman–Crippen MR) is 337 cm³/mol. The molecule has 2 fully saturated rings. The highest BCUT2D eigenvalue weighted by atomic mass is 16.5. The zero-order chi connectivity index (χ0) is 68.5. The summed E-state index contributed by atoms with van der Waals surface area (Å²) in [7, 11) is 9.73. The Morgan fingerprint density at radius 1 is 0.506 bits per heavy atom. The zero-order valence-corrected chi connectivity index (χ0v) is 57.7. The summed E-state index contributed by atoms with van der Waals surface area (Å²) in [4.78, 5) is 185. The van der Waals surface area contributed by atoms with Crippen molar-refractivity contribution >= 4 is 70.9 Å². The van der Waals surface area contributed by atoms with E-state index in [1.807, 2.05) is 55.4 Å². The van der Waals surface area contributed by atoms with Crippen LogP contribution in [0.5, 0.6) is 0 Å². The number of aliphatic hydroxyl groups is 1. The third kappa shape index (κ3) is 20.9. The van der Waals surface area contributed by atoms with Gasteiger partial charge in [-0.3, -0.25) is 57.5 Å². The van der Waals surface area contributed by atoms with Gasteiger partial charge in [0.05, 0.1) is 12.6 Å². The number of ether oxygens (including phenoxy) is 1. The number of aliphatic hydroxyl groups excluding tert-OH is 1. The van der Waals surface area contributed by atoms with E-state index in [0.29, 0.717) is 6.42 Å². The zero-order valence-electron chi connectivity index (χ0n) is 57.7. The highest BCUT2D eigenvalue weighted by molar-refractivity contribution is 6.00. The molecule has 4 N–H and O–H groups in total. The van der Waals surface area contributed by atoms with Crippen molar-refractivity contribution < 1.29 is 67.4 Å². The first-order valence-electron chi connectivity index (χ1n) is 31.7. The number of hydrogen-bond donors (Lipinski definition) is 4. The van der Waals surface area contributed by atoms with Crippen LogP contribution in [0.4, 0.5) is 0 Å². The molecule has 0 aromatic carbocycles. The second-order valence-corrected chi connectivity index (χ2v) is 27.0. The number of esters is 1. The van der Waals surface area contributed by atoms with E-state index < -0.39 is 175 Å². The van der Waals surface area contributed by atoms with E-state index >= 15 is 14.4 Å². The molecular weight excluding hydrogens is 1150 g/mol. The summed E-state index contributed by atoms with van der Waals surface area (Å²) >= 11 is 0. The molecule has 25 nitrogen and oxygen atoms in total. The molecule has 12 atom stereocenters. The molecule has 25 heteroatoms. The van der Waals surface area contributed by atoms with E-state index in [1.54, 1.807) is 60.6 Å². The highest BCUT2D eigenvalue weighted by Crippen LogP contribution is 2.26. The number of cyclic esters (lactones) is 1. The summed E-state index contributed by atoms with van der Waals surface area (Å²) in [6, 6.07) is -13.2. The molecule has 0 aliphatic carbocycles. The van der Waals surface area contributed by atoms with Crippen LogP contribution in [0.2, 0.25) is 0 Å². The largest absolute Gasteiger partial charge is 0.462 e. The number of fused-ring (bicyclic) bond motifs is 1. The molecule has 506 valence electrons. The first-order valence-corrected chi connectivity index (χ1v) is 31.7. The third-order valence-electron chi connectivity index (χ3n) is 17.0. The summed E-state index contributed by atoms with van der Waals surface area (Å²) in [5.41, 5.74) is 0. The molecule has 89 heavy (non-hydrogen) atoms. The molecule has 0 radical (unpaired) electrons. The number of rotatable bonds is 15. The minimum atomic E-state index is -1.64. The van der Waals surface area contributed by atoms with Crippen molar-refractivity contribution in [1.29, 1.82) is 0 Å². The van der Waals surface area contributed by atoms with Crippen molar-refractivity contribution in [3.8, 4) is 0 Å². The van der Waals surface area contributed by atoms with Crippen molar-refractivity contribution in [3.63, 3.8) is 0 Å². The van der Waals surface area contributed by atoms with Crippen molar-refractivity contribution in [2.24, 2.45) is 41.4 Å². The maximum Gasteiger partial charge on any atom is 0.325 e. The van der Waals surface area contributed by atoms with Crippen molar-refractivity contribution in [1.82, 2.24) is 55.1 Å². The number of carbonyl (C=O) groups is 12. The second kappa shape index (κ2) is 35.1. The van der Waals surface area contributed by atoms with Gasteiger partial charge in [0.2, 0.25) is 65.0 Å². The molecule has 11 amide bonds. The monoisotopic (exact) mass is 1260 g/mol. The Labute approximate surface area is 530 Å². The summed E-state index contributed by atoms with van der Waals surface area (Å²) in [5.74, 6) is -11.4. The summed E-state index contributed by atoms with van der Waals surface area (Å²) in [6.45, 7) is 26.2. The van der Waals surface area contributed by atoms with Gasteiger partial charge in [-0.1, -0.05) is 109 Å². The lowest BCUT2D eigenvalue weighted by Crippen LogP contribution is -2.64. The standard InChI is InChI=1S/C64H111N11O14/c1-24-26-27-41(15)54(78)53-57(81)66-43(25-2)59(83)68(17)32-49(76)69(18)44(28-35(3)4)56(80)67-51(39(11)12)63(87)70(19)45(29-36(5)6)55(79)65-42(16)58(82)75-33-50(77)89-34-48(75)62(86)72(21)46(30-37(7)8)60(84)71(20)47(31-38(9)10)61(85)73(22)52(40(13)14)64(88)74(53)23/h24,26,35-48,51-54,78H,25,27-34H2,1-23H3,(H,65,79)(H,66,81)(H,67,80)/b26-24+/t41-,42+,43+,44+,45+,46+,47+,48-,51+,52+,53+,54-/m1/s1. The third-order valence-corrected chi connectivity index (χ3v) is 17.0. The highest BCUT2D eigenvalue weighted by Gasteiger charge is 2.47. The van der Waals surface area contributed by atoms with E-state index in [-0.39, 0.29) is 55.8 Å². The van der Waals surface area contributed by atoms with E-state index in [9.17, 15) is 48.3 Å². The van der Waals surface area contributed by atoms with Gasteiger partial charge in [-0.15, -0.1) is 0 Å². The Balaban J connectivity index is 3.05. The molecule has 0 saturated carbocycles. The number of likely N-dealkylation sites (N-methyl/N-ethyl adjacent to an activating group) is 7. The minimum Gasteiger partial charge on any atom is -0.462 e. The topological polar surface area (TPSA) is 296 Å². The second-order valence-electron chi connectivity index (χ2n) is 27.0. The first-order chi connectivity index (χ1) is 41.2. The van der Waals surface area contributed by atoms with Gasteiger partial charge in [-0.05, 0) is 93.8 Å². The van der Waals surface area contributed by atoms with Crippen molar-refractivity contribution in [3.05, 3.63) is 12.2 Å². The van der Waals surface area contributed by atoms with Crippen LogP contribution in [0.1, 0.15) is 149 Å². The lowest BCUT2D eigenvalue weighted by Gasteiger charge is -2.42. The molecule has 0 unspecified atom stereocenters. The fourth-order valence-electron chi connectivity index (χ4n) is 11.4. The molecule has 0 aromatic rings. The Morgan fingerprint density at radius 3 is 1.43 bits per heavy atom. The lowest BCUT2D eigenvalue weighted by atomic mass is 9.91. The van der Waals surface area contributed by atoms with Gasteiger partial charge in [0.25, 0.3) is 0 Å². The van der Waals surface area contributed by atoms with Gasteiger partial charge >= 0.3 is 5.97 Å². The molecular formula is C64H111N11O14. The average molecular weight is 1260 g/mol. The summed E-state index contributed by atoms with van der Waals surface area (Å²) < 4.78 is 5.37. The first kappa shape index (κ1) is 78.4. The number of hydrogen-bond acceptors (Lipinski definition) is 14. The Morgan fingerprint density at radius 2 is 0.955 bits per heavy atom. The molecule has 2 heterocycles. The Kier molecular flexibility index (Phi) is 30.9. The molecule has 2 rings (SSSR count).